The Morgan fingerprint density at radius 2 is 1.89 bits per heavy atom. The van der Waals surface area contributed by atoms with Gasteiger partial charge in [-0.1, -0.05) is 17.3 Å². The number of hydrogen-bond acceptors (Lipinski definition) is 5. The van der Waals surface area contributed by atoms with E-state index in [0.29, 0.717) is 23.7 Å². The second-order valence-corrected chi connectivity index (χ2v) is 6.08. The SMILES string of the molecule is COc1ccc([C@H](C)NC(=O)CCc2nc(-c3ccc(F)cc3)no2)cc1. The van der Waals surface area contributed by atoms with Gasteiger partial charge in [0.2, 0.25) is 17.6 Å². The van der Waals surface area contributed by atoms with Crippen molar-refractivity contribution in [1.29, 1.82) is 0 Å². The van der Waals surface area contributed by atoms with Crippen molar-refractivity contribution in [2.45, 2.75) is 25.8 Å². The fourth-order valence-corrected chi connectivity index (χ4v) is 2.58. The summed E-state index contributed by atoms with van der Waals surface area (Å²) in [5, 5.41) is 6.80. The Morgan fingerprint density at radius 1 is 1.19 bits per heavy atom. The van der Waals surface area contributed by atoms with Crippen LogP contribution in [0.1, 0.15) is 30.8 Å². The van der Waals surface area contributed by atoms with Crippen LogP contribution < -0.4 is 10.1 Å². The van der Waals surface area contributed by atoms with Gasteiger partial charge in [0.25, 0.3) is 0 Å². The third kappa shape index (κ3) is 4.91. The standard InChI is InChI=1S/C20H20FN3O3/c1-13(14-5-9-17(26-2)10-6-14)22-18(25)11-12-19-23-20(24-27-19)15-3-7-16(21)8-4-15/h3-10,13H,11-12H2,1-2H3,(H,22,25)/t13-/m0/s1. The first-order chi connectivity index (χ1) is 13.0. The fraction of sp³-hybridized carbons (Fsp3) is 0.250. The van der Waals surface area contributed by atoms with Crippen molar-refractivity contribution in [3.63, 3.8) is 0 Å². The molecule has 0 saturated heterocycles. The van der Waals surface area contributed by atoms with E-state index in [9.17, 15) is 9.18 Å². The van der Waals surface area contributed by atoms with Crippen LogP contribution in [0.5, 0.6) is 5.75 Å². The smallest absolute Gasteiger partial charge is 0.227 e. The number of ether oxygens (including phenoxy) is 1. The molecular formula is C20H20FN3O3. The Hall–Kier alpha value is -3.22. The molecule has 0 saturated carbocycles. The minimum Gasteiger partial charge on any atom is -0.497 e. The molecule has 7 heteroatoms. The molecule has 0 bridgehead atoms. The Balaban J connectivity index is 1.52. The quantitative estimate of drug-likeness (QED) is 0.687. The zero-order chi connectivity index (χ0) is 19.2. The van der Waals surface area contributed by atoms with Crippen LogP contribution in [0.3, 0.4) is 0 Å². The summed E-state index contributed by atoms with van der Waals surface area (Å²) < 4.78 is 23.3. The molecule has 0 spiro atoms. The van der Waals surface area contributed by atoms with Gasteiger partial charge < -0.3 is 14.6 Å². The molecule has 0 aliphatic rings. The van der Waals surface area contributed by atoms with Crippen molar-refractivity contribution in [3.05, 3.63) is 65.8 Å². The molecule has 1 aromatic heterocycles. The summed E-state index contributed by atoms with van der Waals surface area (Å²) in [6, 6.07) is 13.2. The molecule has 6 nitrogen and oxygen atoms in total. The Morgan fingerprint density at radius 3 is 2.56 bits per heavy atom. The third-order valence-electron chi connectivity index (χ3n) is 4.13. The summed E-state index contributed by atoms with van der Waals surface area (Å²) in [6.45, 7) is 1.92. The minimum absolute atomic E-state index is 0.111. The first-order valence-corrected chi connectivity index (χ1v) is 8.57. The topological polar surface area (TPSA) is 77.2 Å². The number of carbonyl (C=O) groups excluding carboxylic acids is 1. The minimum atomic E-state index is -0.329. The van der Waals surface area contributed by atoms with E-state index in [1.807, 2.05) is 31.2 Å². The van der Waals surface area contributed by atoms with Crippen molar-refractivity contribution in [3.8, 4) is 17.1 Å². The van der Waals surface area contributed by atoms with Crippen molar-refractivity contribution in [2.75, 3.05) is 7.11 Å². The van der Waals surface area contributed by atoms with Crippen LogP contribution in [0.4, 0.5) is 4.39 Å². The highest BCUT2D eigenvalue weighted by Gasteiger charge is 2.13. The summed E-state index contributed by atoms with van der Waals surface area (Å²) in [6.07, 6.45) is 0.556. The molecule has 140 valence electrons. The predicted molar refractivity (Wildman–Crippen MR) is 97.6 cm³/mol. The predicted octanol–water partition coefficient (Wildman–Crippen LogP) is 3.69. The second-order valence-electron chi connectivity index (χ2n) is 6.08. The fourth-order valence-electron chi connectivity index (χ4n) is 2.58. The van der Waals surface area contributed by atoms with Crippen molar-refractivity contribution in [2.24, 2.45) is 0 Å². The van der Waals surface area contributed by atoms with Gasteiger partial charge in [0.15, 0.2) is 0 Å². The van der Waals surface area contributed by atoms with Gasteiger partial charge in [-0.25, -0.2) is 4.39 Å². The molecule has 0 fully saturated rings. The van der Waals surface area contributed by atoms with Crippen LogP contribution in [0, 0.1) is 5.82 Å². The van der Waals surface area contributed by atoms with Crippen molar-refractivity contribution < 1.29 is 18.4 Å². The number of aromatic nitrogens is 2. The number of rotatable bonds is 7. The number of halogens is 1. The molecule has 27 heavy (non-hydrogen) atoms. The Bertz CT molecular complexity index is 892. The van der Waals surface area contributed by atoms with Gasteiger partial charge >= 0.3 is 0 Å². The number of methoxy groups -OCH3 is 1. The molecule has 1 heterocycles. The van der Waals surface area contributed by atoms with Gasteiger partial charge in [-0.2, -0.15) is 4.98 Å². The van der Waals surface area contributed by atoms with Gasteiger partial charge in [0.1, 0.15) is 11.6 Å². The lowest BCUT2D eigenvalue weighted by atomic mass is 10.1. The highest BCUT2D eigenvalue weighted by molar-refractivity contribution is 5.76. The van der Waals surface area contributed by atoms with E-state index in [4.69, 9.17) is 9.26 Å². The lowest BCUT2D eigenvalue weighted by Crippen LogP contribution is -2.26. The maximum Gasteiger partial charge on any atom is 0.227 e. The Labute approximate surface area is 156 Å². The highest BCUT2D eigenvalue weighted by Crippen LogP contribution is 2.18. The summed E-state index contributed by atoms with van der Waals surface area (Å²) >= 11 is 0. The molecule has 3 rings (SSSR count). The zero-order valence-corrected chi connectivity index (χ0v) is 15.1. The Kier molecular flexibility index (Phi) is 5.80. The van der Waals surface area contributed by atoms with E-state index in [1.165, 1.54) is 12.1 Å². The van der Waals surface area contributed by atoms with E-state index in [2.05, 4.69) is 15.5 Å². The van der Waals surface area contributed by atoms with Crippen LogP contribution in [0.25, 0.3) is 11.4 Å². The molecule has 3 aromatic rings. The number of aryl methyl sites for hydroxylation is 1. The first kappa shape index (κ1) is 18.6. The van der Waals surface area contributed by atoms with Crippen molar-refractivity contribution in [1.82, 2.24) is 15.5 Å². The number of nitrogens with zero attached hydrogens (tertiary/aromatic N) is 2. The molecule has 0 unspecified atom stereocenters. The summed E-state index contributed by atoms with van der Waals surface area (Å²) in [5.41, 5.74) is 1.64. The number of hydrogen-bond donors (Lipinski definition) is 1. The van der Waals surface area contributed by atoms with Crippen LogP contribution >= 0.6 is 0 Å². The van der Waals surface area contributed by atoms with Gasteiger partial charge in [-0.3, -0.25) is 4.79 Å². The van der Waals surface area contributed by atoms with E-state index in [0.717, 1.165) is 11.3 Å². The molecular weight excluding hydrogens is 349 g/mol. The molecule has 2 aromatic carbocycles. The molecule has 1 N–H and O–H groups in total. The van der Waals surface area contributed by atoms with Crippen LogP contribution in [-0.2, 0) is 11.2 Å². The molecule has 0 aliphatic carbocycles. The lowest BCUT2D eigenvalue weighted by Gasteiger charge is -2.14. The largest absolute Gasteiger partial charge is 0.497 e. The maximum absolute atomic E-state index is 13.0. The highest BCUT2D eigenvalue weighted by atomic mass is 19.1. The van der Waals surface area contributed by atoms with E-state index < -0.39 is 0 Å². The van der Waals surface area contributed by atoms with E-state index in [1.54, 1.807) is 19.2 Å². The monoisotopic (exact) mass is 369 g/mol. The lowest BCUT2D eigenvalue weighted by molar-refractivity contribution is -0.121. The van der Waals surface area contributed by atoms with E-state index >= 15 is 0 Å². The maximum atomic E-state index is 13.0. The van der Waals surface area contributed by atoms with Gasteiger partial charge in [-0.05, 0) is 48.9 Å². The number of amides is 1. The molecule has 0 radical (unpaired) electrons. The summed E-state index contributed by atoms with van der Waals surface area (Å²) in [5.74, 6) is 1.06. The molecule has 1 amide bonds. The average Bonchev–Trinajstić information content (AvgIpc) is 3.16. The third-order valence-corrected chi connectivity index (χ3v) is 4.13. The van der Waals surface area contributed by atoms with Gasteiger partial charge in [0.05, 0.1) is 13.2 Å². The summed E-state index contributed by atoms with van der Waals surface area (Å²) in [4.78, 5) is 16.4. The summed E-state index contributed by atoms with van der Waals surface area (Å²) in [7, 11) is 1.61. The zero-order valence-electron chi connectivity index (χ0n) is 15.1. The van der Waals surface area contributed by atoms with Gasteiger partial charge in [0, 0.05) is 18.4 Å². The van der Waals surface area contributed by atoms with Crippen LogP contribution in [0.15, 0.2) is 53.1 Å². The first-order valence-electron chi connectivity index (χ1n) is 8.57. The second kappa shape index (κ2) is 8.44. The van der Waals surface area contributed by atoms with Crippen molar-refractivity contribution >= 4 is 5.91 Å². The van der Waals surface area contributed by atoms with Gasteiger partial charge in [-0.15, -0.1) is 0 Å². The molecule has 1 atom stereocenters. The molecule has 0 aliphatic heterocycles. The number of carbonyl (C=O) groups is 1. The van der Waals surface area contributed by atoms with Crippen LogP contribution in [-0.4, -0.2) is 23.2 Å². The van der Waals surface area contributed by atoms with E-state index in [-0.39, 0.29) is 24.2 Å². The number of nitrogens with one attached hydrogen (secondary N) is 1. The average molecular weight is 369 g/mol. The van der Waals surface area contributed by atoms with Crippen LogP contribution in [0.2, 0.25) is 0 Å². The number of benzene rings is 2. The normalized spacial score (nSPS) is 11.8.